The average molecular weight is 696 g/mol. The smallest absolute Gasteiger partial charge is 0.252 e. The summed E-state index contributed by atoms with van der Waals surface area (Å²) in [6.07, 6.45) is 4.50. The number of carbonyl (C=O) groups excluding carboxylic acids is 5. The average Bonchev–Trinajstić information content (AvgIpc) is 3.10. The summed E-state index contributed by atoms with van der Waals surface area (Å²) in [6, 6.07) is 8.88. The maximum absolute atomic E-state index is 14.0. The van der Waals surface area contributed by atoms with Gasteiger partial charge in [-0.05, 0) is 44.1 Å². The van der Waals surface area contributed by atoms with Crippen molar-refractivity contribution in [2.24, 2.45) is 11.8 Å². The van der Waals surface area contributed by atoms with Gasteiger partial charge in [0.1, 0.15) is 18.1 Å². The number of hydrogen-bond acceptors (Lipinski definition) is 7. The summed E-state index contributed by atoms with van der Waals surface area (Å²) < 4.78 is 0.572. The van der Waals surface area contributed by atoms with Gasteiger partial charge in [0.25, 0.3) is 5.91 Å². The van der Waals surface area contributed by atoms with E-state index >= 15 is 0 Å². The van der Waals surface area contributed by atoms with Gasteiger partial charge < -0.3 is 36.7 Å². The number of nitrogens with zero attached hydrogens (tertiary/aromatic N) is 2. The normalized spacial score (nSPS) is 14.7. The van der Waals surface area contributed by atoms with Crippen LogP contribution in [0.5, 0.6) is 0 Å². The molecule has 0 aliphatic carbocycles. The number of amides is 5. The van der Waals surface area contributed by atoms with Gasteiger partial charge in [0.05, 0.1) is 11.6 Å². The van der Waals surface area contributed by atoms with Crippen LogP contribution in [-0.2, 0) is 25.6 Å². The monoisotopic (exact) mass is 695 g/mol. The van der Waals surface area contributed by atoms with Crippen molar-refractivity contribution >= 4 is 29.5 Å². The largest absolute Gasteiger partial charge is 0.619 e. The molecule has 0 bridgehead atoms. The summed E-state index contributed by atoms with van der Waals surface area (Å²) in [4.78, 5) is 68.1. The topological polar surface area (TPSA) is 176 Å². The van der Waals surface area contributed by atoms with Crippen LogP contribution in [0.25, 0.3) is 0 Å². The van der Waals surface area contributed by atoms with Crippen molar-refractivity contribution in [2.45, 2.75) is 104 Å². The van der Waals surface area contributed by atoms with Crippen LogP contribution in [0.3, 0.4) is 0 Å². The quantitative estimate of drug-likeness (QED) is 0.104. The molecule has 1 aromatic carbocycles. The van der Waals surface area contributed by atoms with Crippen LogP contribution in [0.15, 0.2) is 54.9 Å². The maximum Gasteiger partial charge on any atom is 0.252 e. The zero-order valence-electron chi connectivity index (χ0n) is 30.8. The summed E-state index contributed by atoms with van der Waals surface area (Å²) in [5.41, 5.74) is 1.22. The molecular formula is C37H57N7O6. The van der Waals surface area contributed by atoms with Crippen LogP contribution in [0.2, 0.25) is 0 Å². The van der Waals surface area contributed by atoms with Gasteiger partial charge in [-0.1, -0.05) is 77.8 Å². The lowest BCUT2D eigenvalue weighted by molar-refractivity contribution is -0.605. The Labute approximate surface area is 296 Å². The highest BCUT2D eigenvalue weighted by Gasteiger charge is 2.35. The van der Waals surface area contributed by atoms with Crippen molar-refractivity contribution in [3.05, 3.63) is 71.2 Å². The second-order valence-corrected chi connectivity index (χ2v) is 13.2. The van der Waals surface area contributed by atoms with E-state index in [1.54, 1.807) is 14.0 Å². The van der Waals surface area contributed by atoms with Crippen LogP contribution in [-0.4, -0.2) is 84.8 Å². The molecule has 0 radical (unpaired) electrons. The van der Waals surface area contributed by atoms with E-state index in [9.17, 15) is 29.2 Å². The van der Waals surface area contributed by atoms with E-state index in [0.29, 0.717) is 37.0 Å². The molecule has 13 nitrogen and oxygen atoms in total. The standard InChI is InChI=1S/C37H57N7O6/c1-9-15-30(43(8)37(49)32(25(6)10-2)42-34(46)28-18-20-44(50)21-19-28)35(47)40-29(22-27-16-13-12-14-17-27)23-39-26(7)33(45)41-31(24(4)5)36(48)38-11-3/h12-14,16-21,24-26,29-32,39H,9-11,15,22-23H2,1-8H3,(H,38,48)(H,40,47)(H,41,45)(H,42,46)/t25-,26-,29-,30-,31-,32-/m0/s1. The molecule has 2 aromatic rings. The molecule has 0 saturated carbocycles. The third-order valence-corrected chi connectivity index (χ3v) is 8.84. The predicted molar refractivity (Wildman–Crippen MR) is 193 cm³/mol. The predicted octanol–water partition coefficient (Wildman–Crippen LogP) is 2.07. The fraction of sp³-hybridized carbons (Fsp3) is 0.568. The minimum Gasteiger partial charge on any atom is -0.619 e. The molecule has 0 aliphatic heterocycles. The minimum atomic E-state index is -0.903. The van der Waals surface area contributed by atoms with Crippen molar-refractivity contribution in [1.82, 2.24) is 31.5 Å². The Hall–Kier alpha value is -4.52. The molecule has 0 fully saturated rings. The van der Waals surface area contributed by atoms with E-state index in [1.807, 2.05) is 71.9 Å². The van der Waals surface area contributed by atoms with Crippen molar-refractivity contribution in [1.29, 1.82) is 0 Å². The molecule has 276 valence electrons. The van der Waals surface area contributed by atoms with Crippen molar-refractivity contribution in [3.63, 3.8) is 0 Å². The minimum absolute atomic E-state index is 0.115. The molecule has 0 unspecified atom stereocenters. The van der Waals surface area contributed by atoms with Gasteiger partial charge in [-0.3, -0.25) is 24.0 Å². The Morgan fingerprint density at radius 3 is 2.02 bits per heavy atom. The second kappa shape index (κ2) is 20.9. The molecule has 5 N–H and O–H groups in total. The van der Waals surface area contributed by atoms with E-state index in [0.717, 1.165) is 5.56 Å². The third-order valence-electron chi connectivity index (χ3n) is 8.84. The maximum atomic E-state index is 14.0. The van der Waals surface area contributed by atoms with Crippen molar-refractivity contribution in [2.75, 3.05) is 20.1 Å². The van der Waals surface area contributed by atoms with E-state index in [1.165, 1.54) is 29.4 Å². The van der Waals surface area contributed by atoms with Gasteiger partial charge in [-0.2, -0.15) is 4.73 Å². The molecule has 2 rings (SSSR count). The Bertz CT molecular complexity index is 1390. The first-order valence-electron chi connectivity index (χ1n) is 17.7. The molecule has 0 spiro atoms. The van der Waals surface area contributed by atoms with Crippen LogP contribution in [0.4, 0.5) is 0 Å². The molecule has 50 heavy (non-hydrogen) atoms. The fourth-order valence-corrected chi connectivity index (χ4v) is 5.50. The number of aromatic nitrogens is 1. The lowest BCUT2D eigenvalue weighted by atomic mass is 9.96. The van der Waals surface area contributed by atoms with E-state index in [4.69, 9.17) is 0 Å². The summed E-state index contributed by atoms with van der Waals surface area (Å²) in [7, 11) is 1.57. The highest BCUT2D eigenvalue weighted by Crippen LogP contribution is 2.16. The zero-order valence-corrected chi connectivity index (χ0v) is 30.8. The van der Waals surface area contributed by atoms with Gasteiger partial charge in [0, 0.05) is 38.3 Å². The second-order valence-electron chi connectivity index (χ2n) is 13.2. The van der Waals surface area contributed by atoms with E-state index in [-0.39, 0.29) is 41.7 Å². The van der Waals surface area contributed by atoms with Gasteiger partial charge in [0.2, 0.25) is 23.6 Å². The SMILES string of the molecule is CCC[C@@H](C(=O)N[C@H](CN[C@@H](C)C(=O)N[C@H](C(=O)NCC)C(C)C)Cc1ccccc1)N(C)C(=O)[C@@H](NC(=O)c1cc[n+]([O-])cc1)[C@@H](C)CC. The van der Waals surface area contributed by atoms with E-state index in [2.05, 4.69) is 26.6 Å². The molecule has 13 heteroatoms. The summed E-state index contributed by atoms with van der Waals surface area (Å²) in [5.74, 6) is -2.18. The summed E-state index contributed by atoms with van der Waals surface area (Å²) in [5, 5.41) is 26.2. The zero-order chi connectivity index (χ0) is 37.4. The van der Waals surface area contributed by atoms with Crippen molar-refractivity contribution < 1.29 is 28.7 Å². The third kappa shape index (κ3) is 12.7. The molecule has 0 saturated heterocycles. The van der Waals surface area contributed by atoms with Crippen LogP contribution in [0.1, 0.15) is 83.7 Å². The lowest BCUT2D eigenvalue weighted by Crippen LogP contribution is -2.58. The Morgan fingerprint density at radius 2 is 1.46 bits per heavy atom. The summed E-state index contributed by atoms with van der Waals surface area (Å²) >= 11 is 0. The van der Waals surface area contributed by atoms with Crippen LogP contribution < -0.4 is 31.3 Å². The van der Waals surface area contributed by atoms with E-state index < -0.39 is 42.0 Å². The first-order chi connectivity index (χ1) is 23.7. The van der Waals surface area contributed by atoms with Crippen LogP contribution >= 0.6 is 0 Å². The first kappa shape index (κ1) is 41.7. The number of pyridine rings is 1. The number of rotatable bonds is 20. The fourth-order valence-electron chi connectivity index (χ4n) is 5.50. The first-order valence-corrected chi connectivity index (χ1v) is 17.7. The summed E-state index contributed by atoms with van der Waals surface area (Å²) in [6.45, 7) is 13.7. The van der Waals surface area contributed by atoms with Gasteiger partial charge >= 0.3 is 0 Å². The number of nitrogens with one attached hydrogen (secondary N) is 5. The lowest BCUT2D eigenvalue weighted by Gasteiger charge is -2.34. The number of likely N-dealkylation sites (N-methyl/N-ethyl adjacent to an activating group) is 2. The Balaban J connectivity index is 2.24. The number of hydrogen-bond donors (Lipinski definition) is 5. The number of benzene rings is 1. The molecule has 0 aliphatic rings. The molecular weight excluding hydrogens is 638 g/mol. The van der Waals surface area contributed by atoms with Gasteiger partial charge in [0.15, 0.2) is 12.4 Å². The molecule has 5 amide bonds. The molecule has 1 heterocycles. The van der Waals surface area contributed by atoms with Crippen LogP contribution in [0, 0.1) is 17.0 Å². The molecule has 1 aromatic heterocycles. The van der Waals surface area contributed by atoms with Gasteiger partial charge in [-0.25, -0.2) is 0 Å². The highest BCUT2D eigenvalue weighted by molar-refractivity contribution is 5.98. The number of carbonyl (C=O) groups is 5. The Morgan fingerprint density at radius 1 is 0.820 bits per heavy atom. The van der Waals surface area contributed by atoms with Crippen molar-refractivity contribution in [3.8, 4) is 0 Å². The molecule has 6 atom stereocenters. The highest BCUT2D eigenvalue weighted by atomic mass is 16.5. The van der Waals surface area contributed by atoms with Gasteiger partial charge in [-0.15, -0.1) is 0 Å². The Kier molecular flexibility index (Phi) is 17.4.